The molecule has 0 saturated carbocycles. The van der Waals surface area contributed by atoms with Crippen molar-refractivity contribution in [1.82, 2.24) is 9.62 Å². The van der Waals surface area contributed by atoms with Crippen LogP contribution in [0.2, 0.25) is 0 Å². The number of rotatable bonds is 5. The summed E-state index contributed by atoms with van der Waals surface area (Å²) in [6.07, 6.45) is 3.06. The first-order valence-electron chi connectivity index (χ1n) is 9.73. The fourth-order valence-corrected chi connectivity index (χ4v) is 4.74. The van der Waals surface area contributed by atoms with Crippen LogP contribution in [0.1, 0.15) is 42.1 Å². The second-order valence-corrected chi connectivity index (χ2v) is 9.15. The fourth-order valence-electron chi connectivity index (χ4n) is 3.67. The van der Waals surface area contributed by atoms with E-state index in [2.05, 4.69) is 4.72 Å². The van der Waals surface area contributed by atoms with Crippen molar-refractivity contribution in [2.45, 2.75) is 43.7 Å². The number of fused-ring (bicyclic) bond motifs is 1. The Hall–Kier alpha value is -2.58. The fraction of sp³-hybridized carbons (Fsp3) is 0.381. The quantitative estimate of drug-likeness (QED) is 0.810. The third-order valence-electron chi connectivity index (χ3n) is 5.36. The van der Waals surface area contributed by atoms with Crippen LogP contribution in [0.15, 0.2) is 47.4 Å². The first-order chi connectivity index (χ1) is 13.9. The predicted molar refractivity (Wildman–Crippen MR) is 107 cm³/mol. The molecule has 7 nitrogen and oxygen atoms in total. The van der Waals surface area contributed by atoms with Gasteiger partial charge in [-0.15, -0.1) is 0 Å². The number of nitrogens with zero attached hydrogens (tertiary/aromatic N) is 1. The number of amides is 1. The molecule has 1 fully saturated rings. The van der Waals surface area contributed by atoms with Crippen molar-refractivity contribution in [1.29, 1.82) is 0 Å². The van der Waals surface area contributed by atoms with Crippen LogP contribution in [0.4, 0.5) is 0 Å². The molecule has 2 heterocycles. The van der Waals surface area contributed by atoms with Gasteiger partial charge in [-0.2, -0.15) is 0 Å². The minimum absolute atomic E-state index is 0.0776. The highest BCUT2D eigenvalue weighted by Gasteiger charge is 2.25. The van der Waals surface area contributed by atoms with Crippen LogP contribution in [0.25, 0.3) is 0 Å². The number of hydrogen-bond acceptors (Lipinski definition) is 5. The second-order valence-electron chi connectivity index (χ2n) is 7.38. The lowest BCUT2D eigenvalue weighted by molar-refractivity contribution is 0.0635. The minimum Gasteiger partial charge on any atom is -0.454 e. The SMILES string of the molecule is CC1CCCCN1C(=O)c1cccc(S(=O)(=O)NCc2ccc3c(c2)OCO3)c1. The molecule has 154 valence electrons. The topological polar surface area (TPSA) is 84.9 Å². The molecule has 2 aromatic carbocycles. The number of sulfonamides is 1. The van der Waals surface area contributed by atoms with E-state index in [0.29, 0.717) is 23.6 Å². The smallest absolute Gasteiger partial charge is 0.254 e. The molecule has 0 aliphatic carbocycles. The van der Waals surface area contributed by atoms with Gasteiger partial charge in [0.1, 0.15) is 0 Å². The summed E-state index contributed by atoms with van der Waals surface area (Å²) in [5.74, 6) is 1.13. The van der Waals surface area contributed by atoms with Gasteiger partial charge in [0.05, 0.1) is 4.90 Å². The Morgan fingerprint density at radius 1 is 1.14 bits per heavy atom. The van der Waals surface area contributed by atoms with Crippen molar-refractivity contribution in [3.05, 3.63) is 53.6 Å². The molecular weight excluding hydrogens is 392 g/mol. The van der Waals surface area contributed by atoms with E-state index in [1.165, 1.54) is 12.1 Å². The zero-order valence-corrected chi connectivity index (χ0v) is 17.1. The lowest BCUT2D eigenvalue weighted by Gasteiger charge is -2.33. The van der Waals surface area contributed by atoms with Gasteiger partial charge in [-0.3, -0.25) is 4.79 Å². The summed E-state index contributed by atoms with van der Waals surface area (Å²) in [5, 5.41) is 0. The number of carbonyl (C=O) groups is 1. The third-order valence-corrected chi connectivity index (χ3v) is 6.76. The monoisotopic (exact) mass is 416 g/mol. The third kappa shape index (κ3) is 4.23. The van der Waals surface area contributed by atoms with E-state index in [4.69, 9.17) is 9.47 Å². The van der Waals surface area contributed by atoms with Crippen molar-refractivity contribution >= 4 is 15.9 Å². The minimum atomic E-state index is -3.77. The average Bonchev–Trinajstić information content (AvgIpc) is 3.20. The summed E-state index contributed by atoms with van der Waals surface area (Å²) >= 11 is 0. The molecule has 1 N–H and O–H groups in total. The Morgan fingerprint density at radius 3 is 2.79 bits per heavy atom. The summed E-state index contributed by atoms with van der Waals surface area (Å²) in [7, 11) is -3.77. The number of benzene rings is 2. The van der Waals surface area contributed by atoms with Crippen molar-refractivity contribution in [3.63, 3.8) is 0 Å². The molecule has 4 rings (SSSR count). The summed E-state index contributed by atoms with van der Waals surface area (Å²) in [5.41, 5.74) is 1.15. The van der Waals surface area contributed by atoms with Gasteiger partial charge in [-0.25, -0.2) is 13.1 Å². The predicted octanol–water partition coefficient (Wildman–Crippen LogP) is 2.91. The molecule has 29 heavy (non-hydrogen) atoms. The normalized spacial score (nSPS) is 18.7. The average molecular weight is 416 g/mol. The molecule has 1 amide bonds. The maximum absolute atomic E-state index is 12.9. The van der Waals surface area contributed by atoms with Crippen molar-refractivity contribution in [2.24, 2.45) is 0 Å². The lowest BCUT2D eigenvalue weighted by atomic mass is 10.0. The first-order valence-corrected chi connectivity index (χ1v) is 11.2. The molecule has 1 saturated heterocycles. The van der Waals surface area contributed by atoms with Gasteiger partial charge in [0.2, 0.25) is 16.8 Å². The number of piperidine rings is 1. The maximum atomic E-state index is 12.9. The van der Waals surface area contributed by atoms with Crippen LogP contribution >= 0.6 is 0 Å². The molecule has 2 aromatic rings. The largest absolute Gasteiger partial charge is 0.454 e. The highest BCUT2D eigenvalue weighted by Crippen LogP contribution is 2.32. The highest BCUT2D eigenvalue weighted by atomic mass is 32.2. The van der Waals surface area contributed by atoms with Crippen LogP contribution in [-0.2, 0) is 16.6 Å². The van der Waals surface area contributed by atoms with Crippen LogP contribution < -0.4 is 14.2 Å². The Kier molecular flexibility index (Phi) is 5.47. The van der Waals surface area contributed by atoms with Crippen LogP contribution in [0.3, 0.4) is 0 Å². The Labute approximate surface area is 170 Å². The van der Waals surface area contributed by atoms with E-state index < -0.39 is 10.0 Å². The molecule has 8 heteroatoms. The molecule has 1 atom stereocenters. The zero-order chi connectivity index (χ0) is 20.4. The maximum Gasteiger partial charge on any atom is 0.254 e. The van der Waals surface area contributed by atoms with Gasteiger partial charge in [-0.1, -0.05) is 12.1 Å². The van der Waals surface area contributed by atoms with E-state index in [9.17, 15) is 13.2 Å². The molecule has 2 aliphatic rings. The Morgan fingerprint density at radius 2 is 1.97 bits per heavy atom. The van der Waals surface area contributed by atoms with Crippen LogP contribution in [-0.4, -0.2) is 38.6 Å². The summed E-state index contributed by atoms with van der Waals surface area (Å²) in [6.45, 7) is 3.02. The first kappa shape index (κ1) is 19.7. The van der Waals surface area contributed by atoms with Gasteiger partial charge in [0.25, 0.3) is 5.91 Å². The standard InChI is InChI=1S/C21H24N2O5S/c1-15-5-2-3-10-23(15)21(24)17-6-4-7-18(12-17)29(25,26)22-13-16-8-9-19-20(11-16)28-14-27-19/h4,6-9,11-12,15,22H,2-3,5,10,13-14H2,1H3. The molecular formula is C21H24N2O5S. The number of carbonyl (C=O) groups excluding carboxylic acids is 1. The molecule has 0 radical (unpaired) electrons. The van der Waals surface area contributed by atoms with Crippen molar-refractivity contribution in [2.75, 3.05) is 13.3 Å². The molecule has 1 unspecified atom stereocenters. The van der Waals surface area contributed by atoms with E-state index >= 15 is 0 Å². The van der Waals surface area contributed by atoms with Gasteiger partial charge in [0.15, 0.2) is 11.5 Å². The van der Waals surface area contributed by atoms with Gasteiger partial charge < -0.3 is 14.4 Å². The number of nitrogens with one attached hydrogen (secondary N) is 1. The Bertz CT molecular complexity index is 1020. The van der Waals surface area contributed by atoms with Gasteiger partial charge in [0, 0.05) is 24.7 Å². The number of likely N-dealkylation sites (tertiary alicyclic amines) is 1. The zero-order valence-electron chi connectivity index (χ0n) is 16.3. The van der Waals surface area contributed by atoms with Crippen molar-refractivity contribution < 1.29 is 22.7 Å². The molecule has 0 aromatic heterocycles. The number of ether oxygens (including phenoxy) is 2. The van der Waals surface area contributed by atoms with E-state index in [-0.39, 0.29) is 30.2 Å². The molecule has 0 spiro atoms. The summed E-state index contributed by atoms with van der Waals surface area (Å²) < 4.78 is 38.7. The van der Waals surface area contributed by atoms with Crippen LogP contribution in [0.5, 0.6) is 11.5 Å². The van der Waals surface area contributed by atoms with E-state index in [1.807, 2.05) is 11.8 Å². The van der Waals surface area contributed by atoms with Crippen LogP contribution in [0, 0.1) is 0 Å². The van der Waals surface area contributed by atoms with Crippen molar-refractivity contribution in [3.8, 4) is 11.5 Å². The second kappa shape index (κ2) is 8.04. The Balaban J connectivity index is 1.48. The van der Waals surface area contributed by atoms with Gasteiger partial charge in [-0.05, 0) is 62.1 Å². The summed E-state index contributed by atoms with van der Waals surface area (Å²) in [6, 6.07) is 11.7. The highest BCUT2D eigenvalue weighted by molar-refractivity contribution is 7.89. The van der Waals surface area contributed by atoms with E-state index in [0.717, 1.165) is 24.8 Å². The summed E-state index contributed by atoms with van der Waals surface area (Å²) in [4.78, 5) is 14.8. The van der Waals surface area contributed by atoms with Gasteiger partial charge >= 0.3 is 0 Å². The number of hydrogen-bond donors (Lipinski definition) is 1. The molecule has 0 bridgehead atoms. The molecule has 2 aliphatic heterocycles. The van der Waals surface area contributed by atoms with E-state index in [1.54, 1.807) is 30.3 Å². The lowest BCUT2D eigenvalue weighted by Crippen LogP contribution is -2.42.